The number of aromatic nitrogens is 2. The zero-order valence-electron chi connectivity index (χ0n) is 19.9. The molecule has 0 N–H and O–H groups in total. The molecule has 35 heavy (non-hydrogen) atoms. The lowest BCUT2D eigenvalue weighted by atomic mass is 10.1. The van der Waals surface area contributed by atoms with E-state index in [9.17, 15) is 19.2 Å². The molecule has 1 aliphatic rings. The fourth-order valence-corrected chi connectivity index (χ4v) is 4.24. The molecule has 1 aliphatic heterocycles. The normalized spacial score (nSPS) is 12.9. The lowest BCUT2D eigenvalue weighted by molar-refractivity contribution is -0.143. The molecule has 0 saturated heterocycles. The standard InChI is InChI=1S/C27H29N3O5/c1-2-3-16-29-23-13-7-6-12-21(23)28-22(27(29)34)14-15-24(31)35-18-9-8-17-30-25(32)19-10-4-5-11-20(19)26(30)33/h4-7,10-13H,2-3,8-9,14-18H2,1H3. The third-order valence-corrected chi connectivity index (χ3v) is 6.14. The van der Waals surface area contributed by atoms with Gasteiger partial charge < -0.3 is 9.30 Å². The molecule has 182 valence electrons. The van der Waals surface area contributed by atoms with Crippen LogP contribution in [0, 0.1) is 0 Å². The second-order valence-electron chi connectivity index (χ2n) is 8.59. The summed E-state index contributed by atoms with van der Waals surface area (Å²) in [6, 6.07) is 14.3. The number of nitrogens with zero attached hydrogens (tertiary/aromatic N) is 3. The first-order valence-corrected chi connectivity index (χ1v) is 12.1. The van der Waals surface area contributed by atoms with E-state index in [0.717, 1.165) is 23.9 Å². The molecule has 4 rings (SSSR count). The van der Waals surface area contributed by atoms with Crippen molar-refractivity contribution in [1.29, 1.82) is 0 Å². The first-order valence-electron chi connectivity index (χ1n) is 12.1. The molecule has 0 atom stereocenters. The zero-order chi connectivity index (χ0) is 24.8. The smallest absolute Gasteiger partial charge is 0.306 e. The highest BCUT2D eigenvalue weighted by Crippen LogP contribution is 2.22. The van der Waals surface area contributed by atoms with E-state index in [1.165, 1.54) is 4.90 Å². The molecule has 0 spiro atoms. The maximum Gasteiger partial charge on any atom is 0.306 e. The van der Waals surface area contributed by atoms with Crippen molar-refractivity contribution >= 4 is 28.8 Å². The molecular weight excluding hydrogens is 446 g/mol. The Morgan fingerprint density at radius 1 is 0.886 bits per heavy atom. The predicted octanol–water partition coefficient (Wildman–Crippen LogP) is 3.75. The van der Waals surface area contributed by atoms with Gasteiger partial charge in [0.2, 0.25) is 0 Å². The van der Waals surface area contributed by atoms with E-state index in [2.05, 4.69) is 11.9 Å². The summed E-state index contributed by atoms with van der Waals surface area (Å²) < 4.78 is 7.04. The van der Waals surface area contributed by atoms with Crippen LogP contribution in [0.5, 0.6) is 0 Å². The van der Waals surface area contributed by atoms with Crippen LogP contribution in [0.4, 0.5) is 0 Å². The van der Waals surface area contributed by atoms with Crippen LogP contribution in [0.3, 0.4) is 0 Å². The van der Waals surface area contributed by atoms with Gasteiger partial charge in [-0.15, -0.1) is 0 Å². The molecule has 2 aromatic carbocycles. The summed E-state index contributed by atoms with van der Waals surface area (Å²) in [4.78, 5) is 55.7. The van der Waals surface area contributed by atoms with Crippen molar-refractivity contribution < 1.29 is 19.1 Å². The van der Waals surface area contributed by atoms with E-state index in [1.54, 1.807) is 28.8 Å². The number of hydrogen-bond acceptors (Lipinski definition) is 6. The monoisotopic (exact) mass is 475 g/mol. The zero-order valence-corrected chi connectivity index (χ0v) is 19.9. The fourth-order valence-electron chi connectivity index (χ4n) is 4.24. The lowest BCUT2D eigenvalue weighted by Gasteiger charge is -2.13. The molecule has 2 heterocycles. The molecule has 0 bridgehead atoms. The van der Waals surface area contributed by atoms with Gasteiger partial charge >= 0.3 is 5.97 Å². The second kappa shape index (κ2) is 11.1. The number of esters is 1. The molecule has 0 radical (unpaired) electrons. The van der Waals surface area contributed by atoms with Crippen molar-refractivity contribution in [3.05, 3.63) is 75.7 Å². The van der Waals surface area contributed by atoms with Crippen LogP contribution in [0.2, 0.25) is 0 Å². The molecule has 0 fully saturated rings. The molecule has 1 aromatic heterocycles. The number of rotatable bonds is 11. The van der Waals surface area contributed by atoms with Crippen molar-refractivity contribution in [3.63, 3.8) is 0 Å². The Hall–Kier alpha value is -3.81. The van der Waals surface area contributed by atoms with Gasteiger partial charge in [0.15, 0.2) is 0 Å². The third-order valence-electron chi connectivity index (χ3n) is 6.14. The summed E-state index contributed by atoms with van der Waals surface area (Å²) in [7, 11) is 0. The number of imide groups is 1. The summed E-state index contributed by atoms with van der Waals surface area (Å²) in [5.74, 6) is -0.967. The second-order valence-corrected chi connectivity index (χ2v) is 8.59. The topological polar surface area (TPSA) is 98.6 Å². The number of unbranched alkanes of at least 4 members (excludes halogenated alkanes) is 2. The van der Waals surface area contributed by atoms with Crippen LogP contribution in [0.1, 0.15) is 65.4 Å². The summed E-state index contributed by atoms with van der Waals surface area (Å²) in [6.45, 7) is 3.16. The van der Waals surface area contributed by atoms with Crippen LogP contribution in [0.25, 0.3) is 11.0 Å². The molecular formula is C27H29N3O5. The highest BCUT2D eigenvalue weighted by atomic mass is 16.5. The Kier molecular flexibility index (Phi) is 7.70. The number of carbonyl (C=O) groups is 3. The van der Waals surface area contributed by atoms with E-state index in [-0.39, 0.29) is 43.4 Å². The molecule has 0 unspecified atom stereocenters. The van der Waals surface area contributed by atoms with Gasteiger partial charge in [0.1, 0.15) is 5.69 Å². The van der Waals surface area contributed by atoms with Gasteiger partial charge in [0, 0.05) is 19.5 Å². The van der Waals surface area contributed by atoms with Crippen LogP contribution >= 0.6 is 0 Å². The molecule has 3 aromatic rings. The Bertz CT molecular complexity index is 1280. The maximum atomic E-state index is 12.9. The van der Waals surface area contributed by atoms with E-state index in [0.29, 0.717) is 36.2 Å². The van der Waals surface area contributed by atoms with Crippen LogP contribution in [-0.4, -0.2) is 45.4 Å². The predicted molar refractivity (Wildman–Crippen MR) is 131 cm³/mol. The minimum atomic E-state index is -0.403. The third kappa shape index (κ3) is 5.31. The number of ether oxygens (including phenoxy) is 1. The molecule has 8 heteroatoms. The number of hydrogen-bond donors (Lipinski definition) is 0. The fraction of sp³-hybridized carbons (Fsp3) is 0.370. The van der Waals surface area contributed by atoms with Crippen LogP contribution < -0.4 is 5.56 Å². The molecule has 2 amide bonds. The lowest BCUT2D eigenvalue weighted by Crippen LogP contribution is -2.30. The highest BCUT2D eigenvalue weighted by Gasteiger charge is 2.34. The van der Waals surface area contributed by atoms with Gasteiger partial charge in [-0.1, -0.05) is 37.6 Å². The van der Waals surface area contributed by atoms with Crippen LogP contribution in [-0.2, 0) is 22.5 Å². The van der Waals surface area contributed by atoms with Crippen LogP contribution in [0.15, 0.2) is 53.3 Å². The summed E-state index contributed by atoms with van der Waals surface area (Å²) in [5.41, 5.74) is 2.60. The van der Waals surface area contributed by atoms with Gasteiger partial charge in [-0.25, -0.2) is 4.98 Å². The average molecular weight is 476 g/mol. The van der Waals surface area contributed by atoms with E-state index >= 15 is 0 Å². The largest absolute Gasteiger partial charge is 0.466 e. The first-order chi connectivity index (χ1) is 17.0. The summed E-state index contributed by atoms with van der Waals surface area (Å²) in [5, 5.41) is 0. The Labute approximate surface area is 203 Å². The van der Waals surface area contributed by atoms with E-state index < -0.39 is 5.97 Å². The molecule has 0 aliphatic carbocycles. The number of carbonyl (C=O) groups excluding carboxylic acids is 3. The number of amides is 2. The minimum Gasteiger partial charge on any atom is -0.466 e. The Morgan fingerprint density at radius 3 is 2.29 bits per heavy atom. The SMILES string of the molecule is CCCCn1c(=O)c(CCC(=O)OCCCCN2C(=O)c3ccccc3C2=O)nc2ccccc21. The van der Waals surface area contributed by atoms with Gasteiger partial charge in [0.25, 0.3) is 17.4 Å². The van der Waals surface area contributed by atoms with E-state index in [1.807, 2.05) is 24.3 Å². The van der Waals surface area contributed by atoms with Crippen molar-refractivity contribution in [2.24, 2.45) is 0 Å². The van der Waals surface area contributed by atoms with Crippen molar-refractivity contribution in [1.82, 2.24) is 14.5 Å². The number of benzene rings is 2. The van der Waals surface area contributed by atoms with Crippen molar-refractivity contribution in [2.45, 2.75) is 52.0 Å². The van der Waals surface area contributed by atoms with Gasteiger partial charge in [-0.2, -0.15) is 0 Å². The Morgan fingerprint density at radius 2 is 1.57 bits per heavy atom. The number of aryl methyl sites for hydroxylation is 2. The van der Waals surface area contributed by atoms with Crippen molar-refractivity contribution in [3.8, 4) is 0 Å². The van der Waals surface area contributed by atoms with Gasteiger partial charge in [-0.05, 0) is 43.5 Å². The highest BCUT2D eigenvalue weighted by molar-refractivity contribution is 6.21. The van der Waals surface area contributed by atoms with E-state index in [4.69, 9.17) is 4.74 Å². The Balaban J connectivity index is 1.25. The average Bonchev–Trinajstić information content (AvgIpc) is 3.11. The quantitative estimate of drug-likeness (QED) is 0.238. The first kappa shape index (κ1) is 24.3. The summed E-state index contributed by atoms with van der Waals surface area (Å²) >= 11 is 0. The van der Waals surface area contributed by atoms with Gasteiger partial charge in [-0.3, -0.25) is 24.1 Å². The van der Waals surface area contributed by atoms with Gasteiger partial charge in [0.05, 0.1) is 35.2 Å². The molecule has 8 nitrogen and oxygen atoms in total. The molecule has 0 saturated carbocycles. The maximum absolute atomic E-state index is 12.9. The number of para-hydroxylation sites is 2. The summed E-state index contributed by atoms with van der Waals surface area (Å²) in [6.07, 6.45) is 3.19. The number of fused-ring (bicyclic) bond motifs is 2. The van der Waals surface area contributed by atoms with Crippen molar-refractivity contribution in [2.75, 3.05) is 13.2 Å². The minimum absolute atomic E-state index is 0.0623.